The van der Waals surface area contributed by atoms with Crippen molar-refractivity contribution in [3.63, 3.8) is 0 Å². The maximum absolute atomic E-state index is 9.19. The molecule has 0 amide bonds. The molecule has 2 heterocycles. The van der Waals surface area contributed by atoms with Crippen LogP contribution in [-0.4, -0.2) is 58.0 Å². The quantitative estimate of drug-likeness (QED) is 0.283. The van der Waals surface area contributed by atoms with Crippen LogP contribution >= 0.6 is 0 Å². The van der Waals surface area contributed by atoms with Gasteiger partial charge in [-0.25, -0.2) is 9.97 Å². The van der Waals surface area contributed by atoms with E-state index in [0.29, 0.717) is 24.7 Å². The van der Waals surface area contributed by atoms with Gasteiger partial charge in [0.05, 0.1) is 18.8 Å². The molecule has 0 radical (unpaired) electrons. The van der Waals surface area contributed by atoms with Crippen molar-refractivity contribution in [3.8, 4) is 0 Å². The zero-order chi connectivity index (χ0) is 13.8. The van der Waals surface area contributed by atoms with E-state index in [-0.39, 0.29) is 24.7 Å². The van der Waals surface area contributed by atoms with Crippen molar-refractivity contribution >= 4 is 11.8 Å². The van der Waals surface area contributed by atoms with E-state index in [2.05, 4.69) is 15.1 Å². The Morgan fingerprint density at radius 2 is 2.42 bits per heavy atom. The maximum Gasteiger partial charge on any atom is 0.226 e. The van der Waals surface area contributed by atoms with Gasteiger partial charge in [-0.05, 0) is 13.0 Å². The maximum atomic E-state index is 9.19. The molecule has 2 unspecified atom stereocenters. The van der Waals surface area contributed by atoms with Crippen molar-refractivity contribution in [3.05, 3.63) is 18.0 Å². The summed E-state index contributed by atoms with van der Waals surface area (Å²) in [5.74, 6) is 0.404. The summed E-state index contributed by atoms with van der Waals surface area (Å²) < 4.78 is 5.55. The molecule has 1 fully saturated rings. The largest absolute Gasteiger partial charge is 0.409 e. The average Bonchev–Trinajstić information content (AvgIpc) is 2.45. The molecule has 1 aromatic heterocycles. The summed E-state index contributed by atoms with van der Waals surface area (Å²) >= 11 is 0. The smallest absolute Gasteiger partial charge is 0.226 e. The number of rotatable bonds is 3. The van der Waals surface area contributed by atoms with Gasteiger partial charge in [0, 0.05) is 19.3 Å². The molecule has 2 atom stereocenters. The highest BCUT2D eigenvalue weighted by Crippen LogP contribution is 2.16. The summed E-state index contributed by atoms with van der Waals surface area (Å²) in [6.45, 7) is 2.99. The number of hydrogen-bond donors (Lipinski definition) is 3. The molecule has 8 nitrogen and oxygen atoms in total. The highest BCUT2D eigenvalue weighted by atomic mass is 16.5. The van der Waals surface area contributed by atoms with E-state index in [1.54, 1.807) is 12.3 Å². The summed E-state index contributed by atoms with van der Waals surface area (Å²) in [5.41, 5.74) is 5.85. The third-order valence-electron chi connectivity index (χ3n) is 2.83. The van der Waals surface area contributed by atoms with E-state index >= 15 is 0 Å². The van der Waals surface area contributed by atoms with Gasteiger partial charge in [0.1, 0.15) is 5.69 Å². The molecule has 4 N–H and O–H groups in total. The van der Waals surface area contributed by atoms with E-state index < -0.39 is 0 Å². The number of anilines is 1. The Bertz CT molecular complexity index is 467. The molecule has 0 saturated carbocycles. The van der Waals surface area contributed by atoms with E-state index in [1.807, 2.05) is 11.8 Å². The lowest BCUT2D eigenvalue weighted by atomic mass is 10.2. The van der Waals surface area contributed by atoms with Gasteiger partial charge < -0.3 is 25.7 Å². The van der Waals surface area contributed by atoms with Crippen molar-refractivity contribution < 1.29 is 15.1 Å². The number of ether oxygens (including phenoxy) is 1. The Morgan fingerprint density at radius 3 is 3.11 bits per heavy atom. The molecular formula is C11H17N5O3. The fourth-order valence-corrected chi connectivity index (χ4v) is 2.00. The molecule has 2 rings (SSSR count). The van der Waals surface area contributed by atoms with Crippen LogP contribution in [0.15, 0.2) is 17.4 Å². The monoisotopic (exact) mass is 267 g/mol. The van der Waals surface area contributed by atoms with Gasteiger partial charge >= 0.3 is 0 Å². The fourth-order valence-electron chi connectivity index (χ4n) is 2.00. The minimum atomic E-state index is -0.264. The van der Waals surface area contributed by atoms with Crippen LogP contribution in [0.3, 0.4) is 0 Å². The molecule has 0 bridgehead atoms. The highest BCUT2D eigenvalue weighted by Gasteiger charge is 2.26. The van der Waals surface area contributed by atoms with Crippen molar-refractivity contribution in [2.45, 2.75) is 19.1 Å². The predicted octanol–water partition coefficient (Wildman–Crippen LogP) is -0.843. The molecule has 1 aromatic rings. The van der Waals surface area contributed by atoms with Gasteiger partial charge in [-0.1, -0.05) is 5.16 Å². The number of oxime groups is 1. The standard InChI is InChI=1S/C11H17N5O3/c1-7-4-16(5-8(6-17)19-7)11-13-3-2-9(14-11)10(12)15-18/h2-3,7-8,17-18H,4-6H2,1H3,(H2,12,15). The molecule has 0 aliphatic carbocycles. The zero-order valence-corrected chi connectivity index (χ0v) is 10.6. The number of aliphatic hydroxyl groups excluding tert-OH is 1. The van der Waals surface area contributed by atoms with Crippen LogP contribution in [0.2, 0.25) is 0 Å². The first-order valence-electron chi connectivity index (χ1n) is 5.96. The number of nitrogens with two attached hydrogens (primary N) is 1. The molecule has 104 valence electrons. The van der Waals surface area contributed by atoms with Crippen LogP contribution in [0.1, 0.15) is 12.6 Å². The van der Waals surface area contributed by atoms with Gasteiger partial charge in [-0.15, -0.1) is 0 Å². The molecular weight excluding hydrogens is 250 g/mol. The van der Waals surface area contributed by atoms with Gasteiger partial charge in [-0.3, -0.25) is 0 Å². The summed E-state index contributed by atoms with van der Waals surface area (Å²) in [6.07, 6.45) is 1.26. The minimum Gasteiger partial charge on any atom is -0.409 e. The van der Waals surface area contributed by atoms with Crippen LogP contribution in [0.4, 0.5) is 5.95 Å². The van der Waals surface area contributed by atoms with Crippen LogP contribution < -0.4 is 10.6 Å². The van der Waals surface area contributed by atoms with Crippen LogP contribution in [0.25, 0.3) is 0 Å². The second-order valence-corrected chi connectivity index (χ2v) is 4.38. The van der Waals surface area contributed by atoms with E-state index in [1.165, 1.54) is 0 Å². The van der Waals surface area contributed by atoms with Crippen molar-refractivity contribution in [1.29, 1.82) is 0 Å². The average molecular weight is 267 g/mol. The number of aromatic nitrogens is 2. The number of hydrogen-bond acceptors (Lipinski definition) is 7. The highest BCUT2D eigenvalue weighted by molar-refractivity contribution is 5.95. The Hall–Kier alpha value is -1.93. The SMILES string of the molecule is CC1CN(c2nccc(/C(N)=N/O)n2)CC(CO)O1. The van der Waals surface area contributed by atoms with Crippen LogP contribution in [0, 0.1) is 0 Å². The number of aliphatic hydroxyl groups is 1. The summed E-state index contributed by atoms with van der Waals surface area (Å²) in [5, 5.41) is 20.7. The molecule has 1 saturated heterocycles. The lowest BCUT2D eigenvalue weighted by Gasteiger charge is -2.36. The topological polar surface area (TPSA) is 117 Å². The normalized spacial score (nSPS) is 24.5. The van der Waals surface area contributed by atoms with Gasteiger partial charge in [0.15, 0.2) is 5.84 Å². The van der Waals surface area contributed by atoms with Gasteiger partial charge in [0.2, 0.25) is 5.95 Å². The van der Waals surface area contributed by atoms with E-state index in [0.717, 1.165) is 0 Å². The third kappa shape index (κ3) is 3.09. The van der Waals surface area contributed by atoms with Crippen molar-refractivity contribution in [1.82, 2.24) is 9.97 Å². The summed E-state index contributed by atoms with van der Waals surface area (Å²) in [4.78, 5) is 10.3. The van der Waals surface area contributed by atoms with Crippen LogP contribution in [-0.2, 0) is 4.74 Å². The minimum absolute atomic E-state index is 0.0259. The second kappa shape index (κ2) is 5.81. The lowest BCUT2D eigenvalue weighted by Crippen LogP contribution is -2.48. The number of amidine groups is 1. The second-order valence-electron chi connectivity index (χ2n) is 4.38. The van der Waals surface area contributed by atoms with Crippen molar-refractivity contribution in [2.75, 3.05) is 24.6 Å². The first-order valence-corrected chi connectivity index (χ1v) is 5.96. The molecule has 19 heavy (non-hydrogen) atoms. The Morgan fingerprint density at radius 1 is 1.63 bits per heavy atom. The molecule has 0 spiro atoms. The summed E-state index contributed by atoms with van der Waals surface area (Å²) in [7, 11) is 0. The zero-order valence-electron chi connectivity index (χ0n) is 10.6. The summed E-state index contributed by atoms with van der Waals surface area (Å²) in [6, 6.07) is 1.56. The Labute approximate surface area is 110 Å². The first-order chi connectivity index (χ1) is 9.13. The predicted molar refractivity (Wildman–Crippen MR) is 68.2 cm³/mol. The Balaban J connectivity index is 2.21. The van der Waals surface area contributed by atoms with E-state index in [9.17, 15) is 5.11 Å². The molecule has 1 aliphatic rings. The van der Waals surface area contributed by atoms with Gasteiger partial charge in [-0.2, -0.15) is 0 Å². The molecule has 1 aliphatic heterocycles. The molecule has 0 aromatic carbocycles. The number of nitrogens with zero attached hydrogens (tertiary/aromatic N) is 4. The van der Waals surface area contributed by atoms with Crippen LogP contribution in [0.5, 0.6) is 0 Å². The molecule has 8 heteroatoms. The first kappa shape index (κ1) is 13.5. The third-order valence-corrected chi connectivity index (χ3v) is 2.83. The Kier molecular flexibility index (Phi) is 4.13. The van der Waals surface area contributed by atoms with E-state index in [4.69, 9.17) is 15.7 Å². The lowest BCUT2D eigenvalue weighted by molar-refractivity contribution is -0.0425. The number of morpholine rings is 1. The fraction of sp³-hybridized carbons (Fsp3) is 0.545. The van der Waals surface area contributed by atoms with Crippen molar-refractivity contribution in [2.24, 2.45) is 10.9 Å². The van der Waals surface area contributed by atoms with Gasteiger partial charge in [0.25, 0.3) is 0 Å².